The van der Waals surface area contributed by atoms with Crippen LogP contribution in [0.4, 0.5) is 4.79 Å². The third-order valence-electron chi connectivity index (χ3n) is 3.56. The van der Waals surface area contributed by atoms with E-state index in [9.17, 15) is 9.90 Å². The number of hydrogen-bond donors (Lipinski definition) is 3. The van der Waals surface area contributed by atoms with Crippen molar-refractivity contribution in [1.82, 2.24) is 10.6 Å². The van der Waals surface area contributed by atoms with Gasteiger partial charge in [0.15, 0.2) is 0 Å². The van der Waals surface area contributed by atoms with Gasteiger partial charge in [0.1, 0.15) is 5.76 Å². The number of carbonyl (C=O) groups excluding carboxylic acids is 1. The Labute approximate surface area is 143 Å². The zero-order chi connectivity index (χ0) is 16.8. The van der Waals surface area contributed by atoms with E-state index in [1.807, 2.05) is 53.9 Å². The molecule has 24 heavy (non-hydrogen) atoms. The van der Waals surface area contributed by atoms with Crippen molar-refractivity contribution in [2.75, 3.05) is 6.54 Å². The summed E-state index contributed by atoms with van der Waals surface area (Å²) in [6, 6.07) is 14.7. The van der Waals surface area contributed by atoms with Crippen molar-refractivity contribution in [3.05, 3.63) is 70.6 Å². The minimum absolute atomic E-state index is 0.149. The lowest BCUT2D eigenvalue weighted by Crippen LogP contribution is -2.37. The molecule has 1 unspecified atom stereocenters. The molecule has 0 saturated carbocycles. The van der Waals surface area contributed by atoms with E-state index in [-0.39, 0.29) is 12.6 Å². The van der Waals surface area contributed by atoms with E-state index in [0.29, 0.717) is 6.54 Å². The van der Waals surface area contributed by atoms with Crippen molar-refractivity contribution in [3.8, 4) is 11.3 Å². The molecule has 0 saturated heterocycles. The third-order valence-corrected chi connectivity index (χ3v) is 4.44. The summed E-state index contributed by atoms with van der Waals surface area (Å²) in [5.74, 6) is 0.780. The number of carbonyl (C=O) groups is 1. The second-order valence-corrected chi connectivity index (χ2v) is 6.29. The van der Waals surface area contributed by atoms with Crippen LogP contribution in [0.5, 0.6) is 0 Å². The van der Waals surface area contributed by atoms with Crippen LogP contribution < -0.4 is 10.6 Å². The second-order valence-electron chi connectivity index (χ2n) is 5.26. The Kier molecular flexibility index (Phi) is 5.30. The van der Waals surface area contributed by atoms with Gasteiger partial charge in [0, 0.05) is 17.0 Å². The first kappa shape index (κ1) is 16.3. The smallest absolute Gasteiger partial charge is 0.315 e. The lowest BCUT2D eigenvalue weighted by Gasteiger charge is -2.13. The molecule has 1 aromatic carbocycles. The molecule has 0 aliphatic heterocycles. The summed E-state index contributed by atoms with van der Waals surface area (Å²) < 4.78 is 5.33. The van der Waals surface area contributed by atoms with E-state index in [1.165, 1.54) is 0 Å². The maximum atomic E-state index is 11.7. The summed E-state index contributed by atoms with van der Waals surface area (Å²) in [5, 5.41) is 17.6. The molecule has 3 N–H and O–H groups in total. The van der Waals surface area contributed by atoms with Gasteiger partial charge in [0.25, 0.3) is 0 Å². The number of furan rings is 1. The van der Waals surface area contributed by atoms with Gasteiger partial charge in [-0.1, -0.05) is 30.3 Å². The quantitative estimate of drug-likeness (QED) is 0.641. The van der Waals surface area contributed by atoms with Crippen LogP contribution in [0.1, 0.15) is 16.5 Å². The molecule has 3 aromatic rings. The molecule has 3 rings (SSSR count). The molecule has 2 aromatic heterocycles. The number of urea groups is 1. The fraction of sp³-hybridized carbons (Fsp3) is 0.167. The summed E-state index contributed by atoms with van der Waals surface area (Å²) in [6.45, 7) is 0.633. The molecule has 0 spiro atoms. The first-order chi connectivity index (χ1) is 11.7. The van der Waals surface area contributed by atoms with Crippen LogP contribution in [0.2, 0.25) is 0 Å². The number of aliphatic hydroxyl groups is 1. The molecule has 0 aliphatic rings. The van der Waals surface area contributed by atoms with Gasteiger partial charge in [-0.2, -0.15) is 0 Å². The minimum Gasteiger partial charge on any atom is -0.464 e. The van der Waals surface area contributed by atoms with E-state index >= 15 is 0 Å². The monoisotopic (exact) mass is 342 g/mol. The van der Waals surface area contributed by atoms with Crippen LogP contribution in [0.3, 0.4) is 0 Å². The Morgan fingerprint density at radius 1 is 1.12 bits per heavy atom. The Hall–Kier alpha value is -2.57. The van der Waals surface area contributed by atoms with Crippen LogP contribution in [-0.4, -0.2) is 17.7 Å². The molecule has 6 heteroatoms. The highest BCUT2D eigenvalue weighted by Crippen LogP contribution is 2.22. The minimum atomic E-state index is -0.761. The van der Waals surface area contributed by atoms with Crippen molar-refractivity contribution in [1.29, 1.82) is 0 Å². The van der Waals surface area contributed by atoms with Crippen molar-refractivity contribution in [2.45, 2.75) is 12.6 Å². The highest BCUT2D eigenvalue weighted by atomic mass is 32.1. The zero-order valence-corrected chi connectivity index (χ0v) is 13.8. The van der Waals surface area contributed by atoms with Crippen LogP contribution in [0.15, 0.2) is 64.6 Å². The average Bonchev–Trinajstić information content (AvgIpc) is 3.31. The lowest BCUT2D eigenvalue weighted by atomic mass is 10.1. The molecule has 2 heterocycles. The Balaban J connectivity index is 1.47. The standard InChI is InChI=1S/C18H18N2O3S/c21-16(12-20-18(22)19-11-15-3-2-10-24-15)13-5-7-14(8-6-13)17-4-1-9-23-17/h1-10,16,21H,11-12H2,(H2,19,20,22). The first-order valence-corrected chi connectivity index (χ1v) is 8.46. The Morgan fingerprint density at radius 3 is 2.62 bits per heavy atom. The van der Waals surface area contributed by atoms with Gasteiger partial charge in [-0.15, -0.1) is 11.3 Å². The van der Waals surface area contributed by atoms with E-state index < -0.39 is 6.10 Å². The van der Waals surface area contributed by atoms with Gasteiger partial charge in [-0.3, -0.25) is 0 Å². The van der Waals surface area contributed by atoms with E-state index in [1.54, 1.807) is 17.6 Å². The molecular formula is C18H18N2O3S. The fourth-order valence-corrected chi connectivity index (χ4v) is 2.91. The number of nitrogens with one attached hydrogen (secondary N) is 2. The molecule has 0 fully saturated rings. The Morgan fingerprint density at radius 2 is 1.96 bits per heavy atom. The maximum absolute atomic E-state index is 11.7. The fourth-order valence-electron chi connectivity index (χ4n) is 2.26. The van der Waals surface area contributed by atoms with Gasteiger partial charge in [0.2, 0.25) is 0 Å². The van der Waals surface area contributed by atoms with Crippen molar-refractivity contribution in [2.24, 2.45) is 0 Å². The van der Waals surface area contributed by atoms with Crippen LogP contribution in [-0.2, 0) is 6.54 Å². The average molecular weight is 342 g/mol. The molecule has 0 radical (unpaired) electrons. The van der Waals surface area contributed by atoms with Gasteiger partial charge in [-0.05, 0) is 29.1 Å². The van der Waals surface area contributed by atoms with Crippen LogP contribution in [0, 0.1) is 0 Å². The van der Waals surface area contributed by atoms with E-state index in [4.69, 9.17) is 4.42 Å². The molecular weight excluding hydrogens is 324 g/mol. The lowest BCUT2D eigenvalue weighted by molar-refractivity contribution is 0.173. The van der Waals surface area contributed by atoms with Crippen molar-refractivity contribution < 1.29 is 14.3 Å². The number of thiophene rings is 1. The number of rotatable bonds is 6. The maximum Gasteiger partial charge on any atom is 0.315 e. The predicted molar refractivity (Wildman–Crippen MR) is 93.7 cm³/mol. The van der Waals surface area contributed by atoms with Crippen LogP contribution >= 0.6 is 11.3 Å². The van der Waals surface area contributed by atoms with Gasteiger partial charge >= 0.3 is 6.03 Å². The number of aliphatic hydroxyl groups excluding tert-OH is 1. The molecule has 0 aliphatic carbocycles. The zero-order valence-electron chi connectivity index (χ0n) is 12.9. The van der Waals surface area contributed by atoms with Gasteiger partial charge in [-0.25, -0.2) is 4.79 Å². The highest BCUT2D eigenvalue weighted by Gasteiger charge is 2.10. The van der Waals surface area contributed by atoms with Gasteiger partial charge in [0.05, 0.1) is 18.9 Å². The summed E-state index contributed by atoms with van der Waals surface area (Å²) >= 11 is 1.59. The second kappa shape index (κ2) is 7.81. The van der Waals surface area contributed by atoms with Crippen molar-refractivity contribution >= 4 is 17.4 Å². The molecule has 5 nitrogen and oxygen atoms in total. The molecule has 2 amide bonds. The van der Waals surface area contributed by atoms with E-state index in [0.717, 1.165) is 21.8 Å². The van der Waals surface area contributed by atoms with Gasteiger partial charge < -0.3 is 20.2 Å². The normalized spacial score (nSPS) is 11.9. The number of amides is 2. The summed E-state index contributed by atoms with van der Waals surface area (Å²) in [4.78, 5) is 12.8. The first-order valence-electron chi connectivity index (χ1n) is 7.58. The van der Waals surface area contributed by atoms with Crippen molar-refractivity contribution in [3.63, 3.8) is 0 Å². The highest BCUT2D eigenvalue weighted by molar-refractivity contribution is 7.09. The summed E-state index contributed by atoms with van der Waals surface area (Å²) in [7, 11) is 0. The van der Waals surface area contributed by atoms with E-state index in [2.05, 4.69) is 10.6 Å². The number of benzene rings is 1. The molecule has 0 bridgehead atoms. The predicted octanol–water partition coefficient (Wildman–Crippen LogP) is 3.54. The number of hydrogen-bond acceptors (Lipinski definition) is 4. The van der Waals surface area contributed by atoms with Crippen LogP contribution in [0.25, 0.3) is 11.3 Å². The topological polar surface area (TPSA) is 74.5 Å². The molecule has 124 valence electrons. The summed E-state index contributed by atoms with van der Waals surface area (Å²) in [6.07, 6.45) is 0.861. The summed E-state index contributed by atoms with van der Waals surface area (Å²) in [5.41, 5.74) is 1.68. The third kappa shape index (κ3) is 4.24. The Bertz CT molecular complexity index is 752. The molecule has 1 atom stereocenters. The SMILES string of the molecule is O=C(NCc1cccs1)NCC(O)c1ccc(-c2ccco2)cc1. The largest absolute Gasteiger partial charge is 0.464 e.